The summed E-state index contributed by atoms with van der Waals surface area (Å²) in [6, 6.07) is 0. The first kappa shape index (κ1) is 23.8. The fourth-order valence-electron chi connectivity index (χ4n) is 1.99. The van der Waals surface area contributed by atoms with Crippen molar-refractivity contribution < 1.29 is 26.0 Å². The topological polar surface area (TPSA) is 32.6 Å². The predicted molar refractivity (Wildman–Crippen MR) is 89.6 cm³/mol. The Morgan fingerprint density at radius 2 is 1.29 bits per heavy atom. The van der Waals surface area contributed by atoms with E-state index in [-0.39, 0.29) is 5.54 Å². The van der Waals surface area contributed by atoms with Gasteiger partial charge in [-0.15, -0.1) is 0 Å². The number of aliphatic hydroxyl groups is 1. The number of aliphatic hydroxyl groups excluding tert-OH is 1. The molecule has 2 nitrogen and oxygen atoms in total. The fourth-order valence-corrected chi connectivity index (χ4v) is 1.99. The number of rotatable bonds is 0. The molecule has 0 unspecified atom stereocenters. The number of hydrogen-bond donors (Lipinski definition) is 1. The quantitative estimate of drug-likeness (QED) is 0.460. The summed E-state index contributed by atoms with van der Waals surface area (Å²) in [5, 5.41) is 7.00. The van der Waals surface area contributed by atoms with Gasteiger partial charge in [-0.1, -0.05) is 39.0 Å². The van der Waals surface area contributed by atoms with Crippen LogP contribution in [0.25, 0.3) is 0 Å². The Kier molecular flexibility index (Phi) is 19.1. The minimum absolute atomic E-state index is 0.216. The molecule has 127 valence electrons. The third-order valence-corrected chi connectivity index (χ3v) is 5.50. The van der Waals surface area contributed by atoms with E-state index < -0.39 is 0 Å². The van der Waals surface area contributed by atoms with Crippen LogP contribution in [0.4, 0.5) is 0 Å². The van der Waals surface area contributed by atoms with Gasteiger partial charge in [0.25, 0.3) is 0 Å². The van der Waals surface area contributed by atoms with Crippen LogP contribution in [-0.2, 0) is 20.9 Å². The molecule has 2 aliphatic rings. The molecule has 1 N–H and O–H groups in total. The molecule has 0 saturated heterocycles. The first-order valence-corrected chi connectivity index (χ1v) is 9.83. The molecule has 0 aliphatic heterocycles. The molecule has 0 spiro atoms. The minimum atomic E-state index is 0.216. The molecule has 2 fully saturated rings. The van der Waals surface area contributed by atoms with Gasteiger partial charge in [0.15, 0.2) is 0 Å². The molecule has 0 aromatic rings. The smallest absolute Gasteiger partial charge is 0.0319 e. The first-order chi connectivity index (χ1) is 9.95. The van der Waals surface area contributed by atoms with E-state index >= 15 is 0 Å². The van der Waals surface area contributed by atoms with E-state index in [0.29, 0.717) is 0 Å². The largest absolute Gasteiger partial charge is 0.400 e. The second-order valence-corrected chi connectivity index (χ2v) is 7.46. The van der Waals surface area contributed by atoms with Crippen LogP contribution < -0.4 is 0 Å². The van der Waals surface area contributed by atoms with Gasteiger partial charge in [-0.3, -0.25) is 0 Å². The van der Waals surface area contributed by atoms with Crippen molar-refractivity contribution in [2.24, 2.45) is 9.26 Å². The van der Waals surface area contributed by atoms with Crippen LogP contribution in [0, 0.1) is 18.8 Å². The van der Waals surface area contributed by atoms with Gasteiger partial charge in [-0.25, -0.2) is 0 Å². The van der Waals surface area contributed by atoms with Crippen molar-refractivity contribution in [2.75, 3.05) is 7.11 Å². The average Bonchev–Trinajstić information content (AvgIpc) is 2.52. The Morgan fingerprint density at radius 3 is 1.43 bits per heavy atom. The van der Waals surface area contributed by atoms with Gasteiger partial charge in [-0.2, -0.15) is 25.7 Å². The molecule has 0 heterocycles. The van der Waals surface area contributed by atoms with Gasteiger partial charge in [-0.05, 0) is 5.92 Å². The molecule has 0 bridgehead atoms. The van der Waals surface area contributed by atoms with Gasteiger partial charge in [0.05, 0.1) is 0 Å². The summed E-state index contributed by atoms with van der Waals surface area (Å²) < 4.78 is 4.13. The molecule has 2 aliphatic carbocycles. The zero-order valence-electron chi connectivity index (χ0n) is 14.9. The fraction of sp³-hybridized carbons (Fsp3) is 0.889. The molecular weight excluding hydrogens is 427 g/mol. The van der Waals surface area contributed by atoms with Crippen molar-refractivity contribution in [3.63, 3.8) is 0 Å². The van der Waals surface area contributed by atoms with Gasteiger partial charge in [0, 0.05) is 7.11 Å². The van der Waals surface area contributed by atoms with Crippen LogP contribution in [0.15, 0.2) is 3.34 Å². The molecule has 2 rings (SSSR count). The Bertz CT molecular complexity index is 192. The predicted octanol–water partition coefficient (Wildman–Crippen LogP) is 5.68. The maximum absolute atomic E-state index is 7.00. The Hall–Kier alpha value is 0.500. The second-order valence-electron chi connectivity index (χ2n) is 6.75. The van der Waals surface area contributed by atoms with Gasteiger partial charge in [0.2, 0.25) is 0 Å². The molecule has 0 amide bonds. The molecule has 3 heteroatoms. The molecule has 0 aromatic heterocycles. The number of nitrogens with zero attached hydrogens (tertiary/aromatic N) is 1. The molecule has 0 atom stereocenters. The van der Waals surface area contributed by atoms with Crippen molar-refractivity contribution >= 4 is 0 Å². The van der Waals surface area contributed by atoms with Gasteiger partial charge >= 0.3 is 50.5 Å². The Labute approximate surface area is 146 Å². The van der Waals surface area contributed by atoms with E-state index in [1.54, 1.807) is 0 Å². The summed E-state index contributed by atoms with van der Waals surface area (Å²) in [5.74, 6) is 1.00. The SMILES string of the molecule is CC(C)(C)[N]=[Ta].CC1CC[CH-]CC1.CO.[CH-]1CCCCC1. The maximum Gasteiger partial charge on any atom is 0.0319 e. The Balaban J connectivity index is 0. The molecule has 2 saturated carbocycles. The summed E-state index contributed by atoms with van der Waals surface area (Å²) in [6.45, 7) is 8.65. The van der Waals surface area contributed by atoms with E-state index in [4.69, 9.17) is 5.11 Å². The molecular formula is C18H37NOTa-2. The normalized spacial score (nSPS) is 18.7. The van der Waals surface area contributed by atoms with Crippen molar-refractivity contribution in [2.45, 2.75) is 91.0 Å². The monoisotopic (exact) mass is 464 g/mol. The van der Waals surface area contributed by atoms with Crippen molar-refractivity contribution in [1.82, 2.24) is 0 Å². The van der Waals surface area contributed by atoms with Crippen LogP contribution in [0.1, 0.15) is 85.5 Å². The van der Waals surface area contributed by atoms with Crippen LogP contribution in [0.5, 0.6) is 0 Å². The van der Waals surface area contributed by atoms with Crippen molar-refractivity contribution in [3.8, 4) is 0 Å². The summed E-state index contributed by atoms with van der Waals surface area (Å²) in [7, 11) is 1.00. The summed E-state index contributed by atoms with van der Waals surface area (Å²) in [4.78, 5) is 0. The summed E-state index contributed by atoms with van der Waals surface area (Å²) in [5.41, 5.74) is 0.216. The summed E-state index contributed by atoms with van der Waals surface area (Å²) >= 11 is 1.15. The van der Waals surface area contributed by atoms with E-state index in [1.165, 1.54) is 57.8 Å². The van der Waals surface area contributed by atoms with E-state index in [0.717, 1.165) is 33.9 Å². The van der Waals surface area contributed by atoms with Crippen LogP contribution in [0.3, 0.4) is 0 Å². The zero-order valence-corrected chi connectivity index (χ0v) is 18.2. The Morgan fingerprint density at radius 1 is 0.905 bits per heavy atom. The zero-order chi connectivity index (χ0) is 16.6. The van der Waals surface area contributed by atoms with Crippen LogP contribution in [0.2, 0.25) is 0 Å². The summed E-state index contributed by atoms with van der Waals surface area (Å²) in [6.07, 6.45) is 17.5. The molecule has 0 radical (unpaired) electrons. The van der Waals surface area contributed by atoms with E-state index in [1.807, 2.05) is 0 Å². The van der Waals surface area contributed by atoms with E-state index in [9.17, 15) is 0 Å². The maximum atomic E-state index is 7.00. The number of hydrogen-bond acceptors (Lipinski definition) is 2. The van der Waals surface area contributed by atoms with Crippen molar-refractivity contribution in [1.29, 1.82) is 0 Å². The molecule has 0 aromatic carbocycles. The third kappa shape index (κ3) is 22.9. The van der Waals surface area contributed by atoms with Crippen LogP contribution >= 0.6 is 0 Å². The van der Waals surface area contributed by atoms with E-state index in [2.05, 4.69) is 43.9 Å². The minimum Gasteiger partial charge on any atom is -0.400 e. The van der Waals surface area contributed by atoms with Gasteiger partial charge < -0.3 is 17.9 Å². The second kappa shape index (κ2) is 16.9. The third-order valence-electron chi connectivity index (χ3n) is 3.34. The standard InChI is InChI=1S/C7H13.C6H11.C4H9N.CH4O.Ta/c1-7-5-3-2-4-6-7;1-2-4-6-5-3-1;1-4(2,3)5;1-2;/h2,7H,3-6H2,1H3;1H,2-6H2;1-3H3;2H,1H3;/q2*-1;;;. The van der Waals surface area contributed by atoms with Gasteiger partial charge in [0.1, 0.15) is 0 Å². The van der Waals surface area contributed by atoms with Crippen molar-refractivity contribution in [3.05, 3.63) is 12.8 Å². The first-order valence-electron chi connectivity index (χ1n) is 8.40. The molecule has 21 heavy (non-hydrogen) atoms. The van der Waals surface area contributed by atoms with Crippen LogP contribution in [-0.4, -0.2) is 17.8 Å². The average molecular weight is 464 g/mol.